The van der Waals surface area contributed by atoms with E-state index >= 15 is 0 Å². The van der Waals surface area contributed by atoms with Crippen molar-refractivity contribution in [1.29, 1.82) is 0 Å². The van der Waals surface area contributed by atoms with Crippen LogP contribution in [0.1, 0.15) is 22.8 Å². The first-order valence-electron chi connectivity index (χ1n) is 7.02. The normalized spacial score (nSPS) is 10.5. The molecule has 3 nitrogen and oxygen atoms in total. The number of carbonyl (C=O) groups is 1. The molecule has 2 aromatic carbocycles. The number of anilines is 1. The van der Waals surface area contributed by atoms with Gasteiger partial charge in [-0.25, -0.2) is 0 Å². The van der Waals surface area contributed by atoms with Gasteiger partial charge in [0.25, 0.3) is 5.91 Å². The Morgan fingerprint density at radius 2 is 1.81 bits per heavy atom. The van der Waals surface area contributed by atoms with Gasteiger partial charge < -0.3 is 5.32 Å². The lowest BCUT2D eigenvalue weighted by molar-refractivity contribution is 0.102. The summed E-state index contributed by atoms with van der Waals surface area (Å²) >= 11 is 0. The van der Waals surface area contributed by atoms with E-state index < -0.39 is 0 Å². The van der Waals surface area contributed by atoms with Crippen LogP contribution in [0, 0.1) is 0 Å². The molecule has 0 saturated carbocycles. The minimum Gasteiger partial charge on any atom is -0.322 e. The van der Waals surface area contributed by atoms with E-state index in [4.69, 9.17) is 0 Å². The predicted molar refractivity (Wildman–Crippen MR) is 85.5 cm³/mol. The average Bonchev–Trinajstić information content (AvgIpc) is 2.55. The number of aryl methyl sites for hydroxylation is 1. The lowest BCUT2D eigenvalue weighted by atomic mass is 10.1. The Bertz CT molecular complexity index is 773. The number of hydrogen-bond acceptors (Lipinski definition) is 2. The fraction of sp³-hybridized carbons (Fsp3) is 0.111. The molecular formula is C18H16N2O. The molecule has 0 spiro atoms. The monoisotopic (exact) mass is 276 g/mol. The van der Waals surface area contributed by atoms with E-state index in [0.717, 1.165) is 23.0 Å². The Kier molecular flexibility index (Phi) is 3.65. The Labute approximate surface area is 123 Å². The van der Waals surface area contributed by atoms with Gasteiger partial charge in [-0.2, -0.15) is 0 Å². The number of nitrogens with one attached hydrogen (secondary N) is 1. The van der Waals surface area contributed by atoms with Crippen molar-refractivity contribution in [3.8, 4) is 0 Å². The van der Waals surface area contributed by atoms with Gasteiger partial charge in [-0.05, 0) is 36.2 Å². The minimum absolute atomic E-state index is 0.136. The summed E-state index contributed by atoms with van der Waals surface area (Å²) in [6.07, 6.45) is 2.69. The fourth-order valence-corrected chi connectivity index (χ4v) is 2.31. The van der Waals surface area contributed by atoms with E-state index in [-0.39, 0.29) is 5.91 Å². The summed E-state index contributed by atoms with van der Waals surface area (Å²) in [4.78, 5) is 16.7. The molecule has 21 heavy (non-hydrogen) atoms. The van der Waals surface area contributed by atoms with Crippen LogP contribution in [0.15, 0.2) is 60.8 Å². The third-order valence-corrected chi connectivity index (χ3v) is 3.50. The molecule has 1 heterocycles. The van der Waals surface area contributed by atoms with Gasteiger partial charge in [-0.15, -0.1) is 0 Å². The van der Waals surface area contributed by atoms with Gasteiger partial charge in [-0.3, -0.25) is 9.78 Å². The van der Waals surface area contributed by atoms with Crippen molar-refractivity contribution >= 4 is 22.5 Å². The first kappa shape index (κ1) is 13.3. The topological polar surface area (TPSA) is 42.0 Å². The average molecular weight is 276 g/mol. The van der Waals surface area contributed by atoms with E-state index in [9.17, 15) is 4.79 Å². The van der Waals surface area contributed by atoms with Crippen molar-refractivity contribution in [2.75, 3.05) is 5.32 Å². The molecule has 3 rings (SSSR count). The Morgan fingerprint density at radius 1 is 1.05 bits per heavy atom. The molecule has 0 radical (unpaired) electrons. The van der Waals surface area contributed by atoms with Crippen LogP contribution in [0.2, 0.25) is 0 Å². The van der Waals surface area contributed by atoms with Gasteiger partial charge in [0.2, 0.25) is 0 Å². The number of fused-ring (bicyclic) bond motifs is 1. The molecule has 0 aliphatic heterocycles. The standard InChI is InChI=1S/C18H16N2O/c1-2-13-8-10-15(11-9-13)20-18(21)16-7-3-5-14-6-4-12-19-17(14)16/h3-12H,2H2,1H3,(H,20,21). The number of aromatic nitrogens is 1. The van der Waals surface area contributed by atoms with Gasteiger partial charge in [0.05, 0.1) is 11.1 Å². The maximum Gasteiger partial charge on any atom is 0.257 e. The SMILES string of the molecule is CCc1ccc(NC(=O)c2cccc3cccnc23)cc1. The van der Waals surface area contributed by atoms with Crippen molar-refractivity contribution in [2.45, 2.75) is 13.3 Å². The molecule has 0 aliphatic rings. The van der Waals surface area contributed by atoms with Crippen LogP contribution in [0.5, 0.6) is 0 Å². The van der Waals surface area contributed by atoms with Crippen molar-refractivity contribution in [3.05, 3.63) is 71.9 Å². The smallest absolute Gasteiger partial charge is 0.257 e. The van der Waals surface area contributed by atoms with Crippen LogP contribution in [0.25, 0.3) is 10.9 Å². The zero-order valence-corrected chi connectivity index (χ0v) is 11.8. The van der Waals surface area contributed by atoms with Crippen molar-refractivity contribution < 1.29 is 4.79 Å². The quantitative estimate of drug-likeness (QED) is 0.784. The Hall–Kier alpha value is -2.68. The second kappa shape index (κ2) is 5.75. The summed E-state index contributed by atoms with van der Waals surface area (Å²) in [5, 5.41) is 3.89. The molecule has 1 amide bonds. The first-order valence-corrected chi connectivity index (χ1v) is 7.02. The van der Waals surface area contributed by atoms with Crippen molar-refractivity contribution in [1.82, 2.24) is 4.98 Å². The van der Waals surface area contributed by atoms with Crippen LogP contribution in [-0.2, 0) is 6.42 Å². The predicted octanol–water partition coefficient (Wildman–Crippen LogP) is 4.05. The van der Waals surface area contributed by atoms with E-state index in [2.05, 4.69) is 17.2 Å². The highest BCUT2D eigenvalue weighted by molar-refractivity contribution is 6.11. The number of amides is 1. The summed E-state index contributed by atoms with van der Waals surface area (Å²) in [6.45, 7) is 2.11. The molecule has 0 fully saturated rings. The number of carbonyl (C=O) groups excluding carboxylic acids is 1. The summed E-state index contributed by atoms with van der Waals surface area (Å²) in [5.41, 5.74) is 3.36. The third-order valence-electron chi connectivity index (χ3n) is 3.50. The lowest BCUT2D eigenvalue weighted by Crippen LogP contribution is -2.12. The molecule has 0 atom stereocenters. The summed E-state index contributed by atoms with van der Waals surface area (Å²) < 4.78 is 0. The third kappa shape index (κ3) is 2.77. The zero-order valence-electron chi connectivity index (χ0n) is 11.8. The van der Waals surface area contributed by atoms with E-state index in [1.54, 1.807) is 12.3 Å². The largest absolute Gasteiger partial charge is 0.322 e. The molecule has 3 heteroatoms. The molecule has 3 aromatic rings. The fourth-order valence-electron chi connectivity index (χ4n) is 2.31. The summed E-state index contributed by atoms with van der Waals surface area (Å²) in [7, 11) is 0. The number of pyridine rings is 1. The van der Waals surface area contributed by atoms with Gasteiger partial charge in [0, 0.05) is 17.3 Å². The second-order valence-electron chi connectivity index (χ2n) is 4.89. The molecule has 0 unspecified atom stereocenters. The molecule has 104 valence electrons. The summed E-state index contributed by atoms with van der Waals surface area (Å²) in [5.74, 6) is -0.136. The highest BCUT2D eigenvalue weighted by Gasteiger charge is 2.10. The number of para-hydroxylation sites is 1. The van der Waals surface area contributed by atoms with Crippen molar-refractivity contribution in [3.63, 3.8) is 0 Å². The van der Waals surface area contributed by atoms with Gasteiger partial charge in [-0.1, -0.05) is 37.3 Å². The number of hydrogen-bond donors (Lipinski definition) is 1. The minimum atomic E-state index is -0.136. The molecule has 0 saturated heterocycles. The highest BCUT2D eigenvalue weighted by Crippen LogP contribution is 2.18. The van der Waals surface area contributed by atoms with Gasteiger partial charge >= 0.3 is 0 Å². The number of benzene rings is 2. The highest BCUT2D eigenvalue weighted by atomic mass is 16.1. The van der Waals surface area contributed by atoms with E-state index in [1.807, 2.05) is 48.5 Å². The molecule has 0 aliphatic carbocycles. The number of rotatable bonds is 3. The molecule has 1 N–H and O–H groups in total. The van der Waals surface area contributed by atoms with Crippen LogP contribution in [0.4, 0.5) is 5.69 Å². The van der Waals surface area contributed by atoms with Crippen molar-refractivity contribution in [2.24, 2.45) is 0 Å². The lowest BCUT2D eigenvalue weighted by Gasteiger charge is -2.08. The van der Waals surface area contributed by atoms with Gasteiger partial charge in [0.15, 0.2) is 0 Å². The summed E-state index contributed by atoms with van der Waals surface area (Å²) in [6, 6.07) is 17.3. The first-order chi connectivity index (χ1) is 10.3. The molecular weight excluding hydrogens is 260 g/mol. The Balaban J connectivity index is 1.90. The molecule has 1 aromatic heterocycles. The second-order valence-corrected chi connectivity index (χ2v) is 4.89. The van der Waals surface area contributed by atoms with Gasteiger partial charge in [0.1, 0.15) is 0 Å². The van der Waals surface area contributed by atoms with Crippen LogP contribution in [0.3, 0.4) is 0 Å². The van der Waals surface area contributed by atoms with E-state index in [0.29, 0.717) is 5.56 Å². The van der Waals surface area contributed by atoms with E-state index in [1.165, 1.54) is 5.56 Å². The Morgan fingerprint density at radius 3 is 2.57 bits per heavy atom. The molecule has 0 bridgehead atoms. The van der Waals surface area contributed by atoms with Crippen LogP contribution < -0.4 is 5.32 Å². The van der Waals surface area contributed by atoms with Crippen LogP contribution >= 0.6 is 0 Å². The zero-order chi connectivity index (χ0) is 14.7. The van der Waals surface area contributed by atoms with Crippen LogP contribution in [-0.4, -0.2) is 10.9 Å². The maximum atomic E-state index is 12.4. The maximum absolute atomic E-state index is 12.4. The number of nitrogens with zero attached hydrogens (tertiary/aromatic N) is 1.